The molecule has 0 aromatic heterocycles. The topological polar surface area (TPSA) is 52.5 Å². The van der Waals surface area contributed by atoms with Crippen LogP contribution >= 0.6 is 0 Å². The van der Waals surface area contributed by atoms with Crippen LogP contribution in [-0.4, -0.2) is 25.2 Å². The fraction of sp³-hybridized carbons (Fsp3) is 0. The molecular formula is C30H26BNO2Si. The molecule has 0 aliphatic rings. The van der Waals surface area contributed by atoms with Crippen LogP contribution in [-0.2, 0) is 0 Å². The predicted molar refractivity (Wildman–Crippen MR) is 150 cm³/mol. The number of hydrogen-bond donors (Lipinski definition) is 3. The smallest absolute Gasteiger partial charge is 0.423 e. The molecule has 35 heavy (non-hydrogen) atoms. The van der Waals surface area contributed by atoms with E-state index in [1.807, 2.05) is 60.7 Å². The predicted octanol–water partition coefficient (Wildman–Crippen LogP) is 2.49. The number of rotatable bonds is 7. The monoisotopic (exact) mass is 471 g/mol. The Balaban J connectivity index is 1.78. The fourth-order valence-electron chi connectivity index (χ4n) is 4.86. The summed E-state index contributed by atoms with van der Waals surface area (Å²) in [7, 11) is -4.36. The molecule has 5 rings (SSSR count). The maximum Gasteiger partial charge on any atom is 0.490 e. The maximum atomic E-state index is 10.4. The van der Waals surface area contributed by atoms with Crippen molar-refractivity contribution in [1.29, 1.82) is 0 Å². The Morgan fingerprint density at radius 3 is 1.34 bits per heavy atom. The number of benzene rings is 5. The number of para-hydroxylation sites is 1. The second-order valence-electron chi connectivity index (χ2n) is 8.51. The van der Waals surface area contributed by atoms with Crippen molar-refractivity contribution < 1.29 is 10.0 Å². The lowest BCUT2D eigenvalue weighted by atomic mass is 9.79. The molecule has 3 nitrogen and oxygen atoms in total. The van der Waals surface area contributed by atoms with Crippen LogP contribution in [0.5, 0.6) is 0 Å². The molecule has 0 atom stereocenters. The van der Waals surface area contributed by atoms with Crippen molar-refractivity contribution in [2.24, 2.45) is 0 Å². The van der Waals surface area contributed by atoms with Gasteiger partial charge in [0.05, 0.1) is 0 Å². The van der Waals surface area contributed by atoms with Crippen LogP contribution < -0.4 is 31.5 Å². The summed E-state index contributed by atoms with van der Waals surface area (Å²) in [5.74, 6) is 0. The highest BCUT2D eigenvalue weighted by molar-refractivity contribution is 7.20. The van der Waals surface area contributed by atoms with Gasteiger partial charge in [0, 0.05) is 16.8 Å². The first-order valence-electron chi connectivity index (χ1n) is 11.7. The van der Waals surface area contributed by atoms with E-state index >= 15 is 0 Å². The normalized spacial score (nSPS) is 11.1. The molecule has 0 aliphatic heterocycles. The van der Waals surface area contributed by atoms with Crippen LogP contribution in [0.4, 0.5) is 11.4 Å². The van der Waals surface area contributed by atoms with Crippen molar-refractivity contribution in [3.8, 4) is 0 Å². The van der Waals surface area contributed by atoms with Gasteiger partial charge in [0.15, 0.2) is 8.07 Å². The summed E-state index contributed by atoms with van der Waals surface area (Å²) in [5.41, 5.74) is 2.01. The quantitative estimate of drug-likeness (QED) is 0.253. The Bertz CT molecular complexity index is 1290. The molecule has 0 saturated carbocycles. The third-order valence-corrected chi connectivity index (χ3v) is 11.2. The molecule has 5 heteroatoms. The molecule has 0 saturated heterocycles. The first-order valence-corrected chi connectivity index (χ1v) is 13.7. The first kappa shape index (κ1) is 22.9. The van der Waals surface area contributed by atoms with E-state index in [2.05, 4.69) is 84.2 Å². The van der Waals surface area contributed by atoms with Crippen molar-refractivity contribution in [2.75, 3.05) is 5.32 Å². The molecule has 0 amide bonds. The molecule has 0 heterocycles. The second-order valence-corrected chi connectivity index (χ2v) is 12.3. The second kappa shape index (κ2) is 10.2. The highest BCUT2D eigenvalue weighted by Gasteiger charge is 2.41. The van der Waals surface area contributed by atoms with Gasteiger partial charge in [-0.05, 0) is 38.9 Å². The Kier molecular flexibility index (Phi) is 6.64. The van der Waals surface area contributed by atoms with E-state index in [0.29, 0.717) is 11.2 Å². The van der Waals surface area contributed by atoms with Gasteiger partial charge in [0.2, 0.25) is 0 Å². The third kappa shape index (κ3) is 4.45. The molecule has 0 fully saturated rings. The van der Waals surface area contributed by atoms with E-state index in [9.17, 15) is 10.0 Å². The lowest BCUT2D eigenvalue weighted by molar-refractivity contribution is 0.426. The molecule has 3 N–H and O–H groups in total. The van der Waals surface area contributed by atoms with E-state index in [0.717, 1.165) is 10.9 Å². The zero-order valence-electron chi connectivity index (χ0n) is 19.3. The van der Waals surface area contributed by atoms with Gasteiger partial charge in [-0.25, -0.2) is 0 Å². The molecular weight excluding hydrogens is 445 g/mol. The van der Waals surface area contributed by atoms with E-state index < -0.39 is 15.2 Å². The third-order valence-electron chi connectivity index (χ3n) is 6.44. The average Bonchev–Trinajstić information content (AvgIpc) is 2.92. The minimum Gasteiger partial charge on any atom is -0.423 e. The highest BCUT2D eigenvalue weighted by atomic mass is 28.3. The maximum absolute atomic E-state index is 10.4. The zero-order chi connectivity index (χ0) is 24.1. The van der Waals surface area contributed by atoms with Crippen LogP contribution in [0.25, 0.3) is 0 Å². The molecule has 5 aromatic carbocycles. The summed E-state index contributed by atoms with van der Waals surface area (Å²) >= 11 is 0. The average molecular weight is 471 g/mol. The molecule has 0 radical (unpaired) electrons. The van der Waals surface area contributed by atoms with Crippen molar-refractivity contribution >= 4 is 52.8 Å². The van der Waals surface area contributed by atoms with Crippen molar-refractivity contribution in [2.45, 2.75) is 0 Å². The van der Waals surface area contributed by atoms with E-state index in [1.165, 1.54) is 15.6 Å². The van der Waals surface area contributed by atoms with Gasteiger partial charge < -0.3 is 15.4 Å². The van der Waals surface area contributed by atoms with Gasteiger partial charge in [-0.3, -0.25) is 0 Å². The minimum atomic E-state index is -2.74. The van der Waals surface area contributed by atoms with Crippen molar-refractivity contribution in [1.82, 2.24) is 0 Å². The Labute approximate surface area is 207 Å². The summed E-state index contributed by atoms with van der Waals surface area (Å²) < 4.78 is 0. The van der Waals surface area contributed by atoms with E-state index in [-0.39, 0.29) is 0 Å². The summed E-state index contributed by atoms with van der Waals surface area (Å²) in [5, 5.41) is 29.0. The molecule has 170 valence electrons. The molecule has 0 spiro atoms. The summed E-state index contributed by atoms with van der Waals surface area (Å²) in [6.07, 6.45) is 0. The van der Waals surface area contributed by atoms with Crippen LogP contribution in [0.15, 0.2) is 140 Å². The van der Waals surface area contributed by atoms with Crippen LogP contribution in [0, 0.1) is 0 Å². The summed E-state index contributed by atoms with van der Waals surface area (Å²) in [6, 6.07) is 47.6. The SMILES string of the molecule is OB(O)c1cc([Si](c2ccccc2)(c2ccccc2)c2ccccc2)ccc1Nc1ccccc1. The number of hydrogen-bond acceptors (Lipinski definition) is 3. The van der Waals surface area contributed by atoms with Gasteiger partial charge in [-0.15, -0.1) is 0 Å². The lowest BCUT2D eigenvalue weighted by Crippen LogP contribution is -2.75. The number of anilines is 2. The highest BCUT2D eigenvalue weighted by Crippen LogP contribution is 2.16. The molecule has 5 aromatic rings. The van der Waals surface area contributed by atoms with Gasteiger partial charge in [0.1, 0.15) is 0 Å². The van der Waals surface area contributed by atoms with Gasteiger partial charge in [-0.2, -0.15) is 0 Å². The van der Waals surface area contributed by atoms with Gasteiger partial charge in [-0.1, -0.05) is 121 Å². The van der Waals surface area contributed by atoms with Gasteiger partial charge >= 0.3 is 7.12 Å². The zero-order valence-corrected chi connectivity index (χ0v) is 20.3. The summed E-state index contributed by atoms with van der Waals surface area (Å²) in [4.78, 5) is 0. The number of nitrogens with one attached hydrogen (secondary N) is 1. The largest absolute Gasteiger partial charge is 0.490 e. The van der Waals surface area contributed by atoms with Crippen LogP contribution in [0.3, 0.4) is 0 Å². The lowest BCUT2D eigenvalue weighted by Gasteiger charge is -2.35. The van der Waals surface area contributed by atoms with Gasteiger partial charge in [0.25, 0.3) is 0 Å². The van der Waals surface area contributed by atoms with Crippen LogP contribution in [0.1, 0.15) is 0 Å². The van der Waals surface area contributed by atoms with E-state index in [1.54, 1.807) is 0 Å². The van der Waals surface area contributed by atoms with Crippen molar-refractivity contribution in [3.63, 3.8) is 0 Å². The fourth-order valence-corrected chi connectivity index (χ4v) is 9.65. The molecule has 0 aliphatic carbocycles. The first-order chi connectivity index (χ1) is 17.2. The van der Waals surface area contributed by atoms with Crippen LogP contribution in [0.2, 0.25) is 0 Å². The molecule has 0 bridgehead atoms. The van der Waals surface area contributed by atoms with Crippen molar-refractivity contribution in [3.05, 3.63) is 140 Å². The Morgan fingerprint density at radius 2 is 0.914 bits per heavy atom. The Hall–Kier alpha value is -3.90. The molecule has 0 unspecified atom stereocenters. The minimum absolute atomic E-state index is 0.450. The Morgan fingerprint density at radius 1 is 0.486 bits per heavy atom. The standard InChI is InChI=1S/C30H26BNO2Si/c33-31(34)29-23-28(21-22-30(29)32-24-13-5-1-6-14-24)35(25-15-7-2-8-16-25,26-17-9-3-10-18-26)27-19-11-4-12-20-27/h1-23,32-34H. The summed E-state index contributed by atoms with van der Waals surface area (Å²) in [6.45, 7) is 0. The van der Waals surface area contributed by atoms with E-state index in [4.69, 9.17) is 0 Å².